The number of aliphatic hydroxyl groups excluding tert-OH is 1. The highest BCUT2D eigenvalue weighted by Gasteiger charge is 2.31. The maximum absolute atomic E-state index is 12.4. The molecule has 8 heteroatoms. The van der Waals surface area contributed by atoms with Gasteiger partial charge in [0.15, 0.2) is 6.29 Å². The second-order valence-electron chi connectivity index (χ2n) is 6.73. The van der Waals surface area contributed by atoms with E-state index in [0.29, 0.717) is 26.1 Å². The van der Waals surface area contributed by atoms with E-state index in [1.54, 1.807) is 0 Å². The van der Waals surface area contributed by atoms with Gasteiger partial charge in [-0.25, -0.2) is 4.79 Å². The second kappa shape index (κ2) is 9.19. The summed E-state index contributed by atoms with van der Waals surface area (Å²) in [5, 5.41) is 15.0. The van der Waals surface area contributed by atoms with Crippen molar-refractivity contribution in [2.45, 2.75) is 64.0 Å². The molecule has 8 nitrogen and oxygen atoms in total. The van der Waals surface area contributed by atoms with Crippen molar-refractivity contribution in [3.8, 4) is 0 Å². The lowest BCUT2D eigenvalue weighted by molar-refractivity contribution is -0.127. The zero-order valence-corrected chi connectivity index (χ0v) is 14.3. The molecule has 2 heterocycles. The maximum Gasteiger partial charge on any atom is 0.407 e. The van der Waals surface area contributed by atoms with E-state index in [-0.39, 0.29) is 24.5 Å². The van der Waals surface area contributed by atoms with E-state index in [9.17, 15) is 14.7 Å². The number of hydrogen-bond acceptors (Lipinski definition) is 6. The molecule has 0 aliphatic carbocycles. The molecule has 2 saturated heterocycles. The van der Waals surface area contributed by atoms with Crippen LogP contribution in [0.2, 0.25) is 0 Å². The third-order valence-electron chi connectivity index (χ3n) is 4.13. The van der Waals surface area contributed by atoms with Crippen molar-refractivity contribution in [1.82, 2.24) is 10.6 Å². The average molecular weight is 344 g/mol. The van der Waals surface area contributed by atoms with Crippen LogP contribution in [-0.4, -0.2) is 61.4 Å². The Bertz CT molecular complexity index is 425. The minimum atomic E-state index is -1.000. The van der Waals surface area contributed by atoms with Crippen molar-refractivity contribution in [3.63, 3.8) is 0 Å². The highest BCUT2D eigenvalue weighted by molar-refractivity contribution is 5.85. The van der Waals surface area contributed by atoms with E-state index in [1.165, 1.54) is 0 Å². The molecular formula is C16H28N2O6. The van der Waals surface area contributed by atoms with Gasteiger partial charge in [-0.15, -0.1) is 0 Å². The van der Waals surface area contributed by atoms with E-state index in [4.69, 9.17) is 14.2 Å². The van der Waals surface area contributed by atoms with Crippen molar-refractivity contribution in [3.05, 3.63) is 0 Å². The summed E-state index contributed by atoms with van der Waals surface area (Å²) in [6.45, 7) is 5.22. The van der Waals surface area contributed by atoms with Crippen LogP contribution < -0.4 is 10.6 Å². The van der Waals surface area contributed by atoms with Crippen LogP contribution in [-0.2, 0) is 19.0 Å². The molecule has 2 amide bonds. The maximum atomic E-state index is 12.4. The molecule has 2 aliphatic heterocycles. The van der Waals surface area contributed by atoms with Crippen LogP contribution >= 0.6 is 0 Å². The van der Waals surface area contributed by atoms with Gasteiger partial charge in [0.1, 0.15) is 12.6 Å². The predicted molar refractivity (Wildman–Crippen MR) is 85.2 cm³/mol. The molecular weight excluding hydrogens is 316 g/mol. The first kappa shape index (κ1) is 19.0. The molecule has 0 aromatic rings. The fraction of sp³-hybridized carbons (Fsp3) is 0.875. The molecule has 3 unspecified atom stereocenters. The third-order valence-corrected chi connectivity index (χ3v) is 4.13. The largest absolute Gasteiger partial charge is 0.447 e. The summed E-state index contributed by atoms with van der Waals surface area (Å²) in [5.41, 5.74) is 0. The number of alkyl carbamates (subject to hydrolysis) is 1. The fourth-order valence-corrected chi connectivity index (χ4v) is 2.83. The van der Waals surface area contributed by atoms with Crippen molar-refractivity contribution >= 4 is 12.0 Å². The first-order valence-corrected chi connectivity index (χ1v) is 8.60. The van der Waals surface area contributed by atoms with Crippen molar-refractivity contribution in [1.29, 1.82) is 0 Å². The number of carbonyl (C=O) groups excluding carboxylic acids is 2. The molecule has 3 N–H and O–H groups in total. The van der Waals surface area contributed by atoms with Crippen LogP contribution in [0, 0.1) is 5.92 Å². The van der Waals surface area contributed by atoms with E-state index in [1.807, 2.05) is 13.8 Å². The summed E-state index contributed by atoms with van der Waals surface area (Å²) >= 11 is 0. The first-order valence-electron chi connectivity index (χ1n) is 8.60. The number of ether oxygens (including phenoxy) is 3. The van der Waals surface area contributed by atoms with E-state index < -0.39 is 24.5 Å². The topological polar surface area (TPSA) is 106 Å². The van der Waals surface area contributed by atoms with Gasteiger partial charge >= 0.3 is 6.09 Å². The number of rotatable bonds is 7. The Morgan fingerprint density at radius 2 is 2.04 bits per heavy atom. The number of aliphatic hydroxyl groups is 1. The summed E-state index contributed by atoms with van der Waals surface area (Å²) in [6, 6.07) is -1.16. The lowest BCUT2D eigenvalue weighted by Gasteiger charge is -2.23. The molecule has 24 heavy (non-hydrogen) atoms. The highest BCUT2D eigenvalue weighted by atomic mass is 16.6. The molecule has 2 fully saturated rings. The van der Waals surface area contributed by atoms with Gasteiger partial charge in [0.2, 0.25) is 5.91 Å². The minimum absolute atomic E-state index is 0.0566. The zero-order chi connectivity index (χ0) is 17.5. The standard InChI is InChI=1S/C16H28N2O6/c1-10(2)8-13(14(19)17-12-5-7-23-15(12)20)18-16(21)24-9-11-4-3-6-22-11/h10-13,15,20H,3-9H2,1-2H3,(H,17,19)(H,18,21)/t11?,12-,13?,15?/m0/s1. The first-order chi connectivity index (χ1) is 11.5. The van der Waals surface area contributed by atoms with Crippen LogP contribution in [0.1, 0.15) is 39.5 Å². The van der Waals surface area contributed by atoms with E-state index in [2.05, 4.69) is 10.6 Å². The summed E-state index contributed by atoms with van der Waals surface area (Å²) in [4.78, 5) is 24.4. The van der Waals surface area contributed by atoms with Gasteiger partial charge in [0, 0.05) is 6.61 Å². The number of hydrogen-bond donors (Lipinski definition) is 3. The smallest absolute Gasteiger partial charge is 0.407 e. The zero-order valence-electron chi connectivity index (χ0n) is 14.3. The van der Waals surface area contributed by atoms with Crippen molar-refractivity contribution in [2.24, 2.45) is 5.92 Å². The van der Waals surface area contributed by atoms with Gasteiger partial charge in [-0.1, -0.05) is 13.8 Å². The SMILES string of the molecule is CC(C)CC(NC(=O)OCC1CCCO1)C(=O)N[C@H]1CCOC1O. The van der Waals surface area contributed by atoms with Crippen LogP contribution in [0.15, 0.2) is 0 Å². The Balaban J connectivity index is 1.81. The van der Waals surface area contributed by atoms with Gasteiger partial charge in [-0.2, -0.15) is 0 Å². The van der Waals surface area contributed by atoms with Crippen molar-refractivity contribution < 1.29 is 28.9 Å². The summed E-state index contributed by atoms with van der Waals surface area (Å²) in [6.07, 6.45) is 1.19. The Morgan fingerprint density at radius 1 is 1.25 bits per heavy atom. The van der Waals surface area contributed by atoms with Crippen LogP contribution in [0.4, 0.5) is 4.79 Å². The number of amides is 2. The van der Waals surface area contributed by atoms with Gasteiger partial charge in [0.25, 0.3) is 0 Å². The van der Waals surface area contributed by atoms with Crippen LogP contribution in [0.25, 0.3) is 0 Å². The molecule has 138 valence electrons. The monoisotopic (exact) mass is 344 g/mol. The Kier molecular flexibility index (Phi) is 7.26. The Labute approximate surface area is 142 Å². The molecule has 2 aliphatic rings. The molecule has 0 aromatic heterocycles. The molecule has 0 saturated carbocycles. The van der Waals surface area contributed by atoms with E-state index >= 15 is 0 Å². The average Bonchev–Trinajstić information content (AvgIpc) is 3.16. The normalized spacial score (nSPS) is 27.9. The molecule has 0 spiro atoms. The van der Waals surface area contributed by atoms with Crippen LogP contribution in [0.5, 0.6) is 0 Å². The molecule has 0 aromatic carbocycles. The second-order valence-corrected chi connectivity index (χ2v) is 6.73. The van der Waals surface area contributed by atoms with Gasteiger partial charge < -0.3 is 30.0 Å². The van der Waals surface area contributed by atoms with Crippen LogP contribution in [0.3, 0.4) is 0 Å². The lowest BCUT2D eigenvalue weighted by atomic mass is 10.0. The summed E-state index contributed by atoms with van der Waals surface area (Å²) < 4.78 is 15.6. The molecule has 0 bridgehead atoms. The van der Waals surface area contributed by atoms with Crippen molar-refractivity contribution in [2.75, 3.05) is 19.8 Å². The molecule has 4 atom stereocenters. The van der Waals surface area contributed by atoms with Gasteiger partial charge in [-0.3, -0.25) is 4.79 Å². The number of nitrogens with one attached hydrogen (secondary N) is 2. The Hall–Kier alpha value is -1.38. The third kappa shape index (κ3) is 5.92. The molecule has 0 radical (unpaired) electrons. The lowest BCUT2D eigenvalue weighted by Crippen LogP contribution is -2.52. The highest BCUT2D eigenvalue weighted by Crippen LogP contribution is 2.14. The minimum Gasteiger partial charge on any atom is -0.447 e. The van der Waals surface area contributed by atoms with Gasteiger partial charge in [-0.05, 0) is 31.6 Å². The Morgan fingerprint density at radius 3 is 2.62 bits per heavy atom. The van der Waals surface area contributed by atoms with E-state index in [0.717, 1.165) is 12.8 Å². The number of carbonyl (C=O) groups is 2. The predicted octanol–water partition coefficient (Wildman–Crippen LogP) is 0.530. The summed E-state index contributed by atoms with van der Waals surface area (Å²) in [5.74, 6) is -0.128. The van der Waals surface area contributed by atoms with Gasteiger partial charge in [0.05, 0.1) is 18.8 Å². The molecule has 2 rings (SSSR count). The summed E-state index contributed by atoms with van der Waals surface area (Å²) in [7, 11) is 0. The quantitative estimate of drug-likeness (QED) is 0.622. The fourth-order valence-electron chi connectivity index (χ4n) is 2.83.